The van der Waals surface area contributed by atoms with Gasteiger partial charge in [0.2, 0.25) is 6.41 Å². The molecule has 2 rings (SSSR count). The van der Waals surface area contributed by atoms with Crippen LogP contribution in [-0.2, 0) is 17.6 Å². The van der Waals surface area contributed by atoms with Crippen molar-refractivity contribution in [1.29, 1.82) is 0 Å². The lowest BCUT2D eigenvalue weighted by Gasteiger charge is -2.01. The smallest absolute Gasteiger partial charge is 0.211 e. The highest BCUT2D eigenvalue weighted by atomic mass is 16.3. The summed E-state index contributed by atoms with van der Waals surface area (Å²) < 4.78 is 0. The fourth-order valence-electron chi connectivity index (χ4n) is 1.75. The molecular weight excluding hydrogens is 166 g/mol. The Hall–Kier alpha value is -1.35. The van der Waals surface area contributed by atoms with Crippen LogP contribution in [0.5, 0.6) is 0 Å². The Morgan fingerprint density at radius 3 is 2.92 bits per heavy atom. The Morgan fingerprint density at radius 2 is 2.15 bits per heavy atom. The first kappa shape index (κ1) is 8.26. The molecule has 0 fully saturated rings. The van der Waals surface area contributed by atoms with Crippen LogP contribution in [0.1, 0.15) is 11.1 Å². The molecular formula is C10H11NO2. The molecule has 1 amide bonds. The van der Waals surface area contributed by atoms with Gasteiger partial charge in [0.05, 0.1) is 6.10 Å². The number of aliphatic hydroxyl groups is 1. The van der Waals surface area contributed by atoms with Gasteiger partial charge in [-0.25, -0.2) is 0 Å². The Balaban J connectivity index is 2.29. The zero-order valence-electron chi connectivity index (χ0n) is 7.16. The summed E-state index contributed by atoms with van der Waals surface area (Å²) in [5.74, 6) is 0. The molecule has 0 saturated carbocycles. The normalized spacial score (nSPS) is 19.6. The summed E-state index contributed by atoms with van der Waals surface area (Å²) in [6.45, 7) is 0. The first-order valence-corrected chi connectivity index (χ1v) is 4.29. The van der Waals surface area contributed by atoms with Gasteiger partial charge < -0.3 is 10.4 Å². The van der Waals surface area contributed by atoms with Crippen LogP contribution in [0.25, 0.3) is 0 Å². The summed E-state index contributed by atoms with van der Waals surface area (Å²) in [6.07, 6.45) is 1.84. The van der Waals surface area contributed by atoms with Crippen molar-refractivity contribution in [1.82, 2.24) is 0 Å². The molecule has 2 N–H and O–H groups in total. The van der Waals surface area contributed by atoms with E-state index in [1.54, 1.807) is 0 Å². The van der Waals surface area contributed by atoms with Gasteiger partial charge in [-0.1, -0.05) is 6.07 Å². The van der Waals surface area contributed by atoms with Crippen molar-refractivity contribution in [3.8, 4) is 0 Å². The minimum Gasteiger partial charge on any atom is -0.392 e. The fourth-order valence-corrected chi connectivity index (χ4v) is 1.75. The van der Waals surface area contributed by atoms with Crippen molar-refractivity contribution in [2.75, 3.05) is 5.32 Å². The van der Waals surface area contributed by atoms with Crippen LogP contribution in [0.4, 0.5) is 5.69 Å². The molecule has 1 aromatic carbocycles. The molecule has 0 aliphatic heterocycles. The van der Waals surface area contributed by atoms with Crippen LogP contribution in [0, 0.1) is 0 Å². The van der Waals surface area contributed by atoms with E-state index < -0.39 is 0 Å². The topological polar surface area (TPSA) is 49.3 Å². The van der Waals surface area contributed by atoms with Crippen LogP contribution < -0.4 is 5.32 Å². The van der Waals surface area contributed by atoms with Crippen molar-refractivity contribution in [2.45, 2.75) is 18.9 Å². The highest BCUT2D eigenvalue weighted by molar-refractivity contribution is 5.71. The molecule has 3 heteroatoms. The van der Waals surface area contributed by atoms with Crippen LogP contribution in [0.2, 0.25) is 0 Å². The third kappa shape index (κ3) is 1.55. The molecule has 68 valence electrons. The average molecular weight is 177 g/mol. The van der Waals surface area contributed by atoms with E-state index in [4.69, 9.17) is 0 Å². The maximum Gasteiger partial charge on any atom is 0.211 e. The summed E-state index contributed by atoms with van der Waals surface area (Å²) in [5.41, 5.74) is 3.12. The van der Waals surface area contributed by atoms with Gasteiger partial charge in [-0.15, -0.1) is 0 Å². The standard InChI is InChI=1S/C10H11NO2/c12-6-11-9-2-1-7-4-10(13)5-8(7)3-9/h1-3,6,10,13H,4-5H2,(H,11,12). The van der Waals surface area contributed by atoms with Crippen LogP contribution in [-0.4, -0.2) is 17.6 Å². The molecule has 13 heavy (non-hydrogen) atoms. The van der Waals surface area contributed by atoms with Gasteiger partial charge in [0.1, 0.15) is 0 Å². The number of benzene rings is 1. The van der Waals surface area contributed by atoms with E-state index in [1.807, 2.05) is 18.2 Å². The molecule has 0 radical (unpaired) electrons. The van der Waals surface area contributed by atoms with E-state index in [2.05, 4.69) is 5.32 Å². The van der Waals surface area contributed by atoms with E-state index in [0.717, 1.165) is 17.7 Å². The predicted octanol–water partition coefficient (Wildman–Crippen LogP) is 0.714. The molecule has 0 bridgehead atoms. The number of anilines is 1. The van der Waals surface area contributed by atoms with Crippen molar-refractivity contribution >= 4 is 12.1 Å². The number of rotatable bonds is 2. The molecule has 0 aromatic heterocycles. The lowest BCUT2D eigenvalue weighted by molar-refractivity contribution is -0.105. The van der Waals surface area contributed by atoms with Gasteiger partial charge in [0.25, 0.3) is 0 Å². The van der Waals surface area contributed by atoms with Gasteiger partial charge >= 0.3 is 0 Å². The van der Waals surface area contributed by atoms with Gasteiger partial charge in [-0.05, 0) is 36.1 Å². The Labute approximate surface area is 76.4 Å². The highest BCUT2D eigenvalue weighted by Gasteiger charge is 2.18. The van der Waals surface area contributed by atoms with Crippen molar-refractivity contribution in [3.63, 3.8) is 0 Å². The molecule has 1 atom stereocenters. The maximum absolute atomic E-state index is 10.2. The first-order valence-electron chi connectivity index (χ1n) is 4.29. The van der Waals surface area contributed by atoms with Crippen LogP contribution in [0.3, 0.4) is 0 Å². The number of carbonyl (C=O) groups excluding carboxylic acids is 1. The molecule has 1 aromatic rings. The van der Waals surface area contributed by atoms with E-state index in [9.17, 15) is 9.90 Å². The third-order valence-corrected chi connectivity index (χ3v) is 2.34. The quantitative estimate of drug-likeness (QED) is 0.654. The van der Waals surface area contributed by atoms with Gasteiger partial charge in [0.15, 0.2) is 0 Å². The van der Waals surface area contributed by atoms with Gasteiger partial charge in [0, 0.05) is 5.69 Å². The van der Waals surface area contributed by atoms with Crippen molar-refractivity contribution in [2.24, 2.45) is 0 Å². The second-order valence-electron chi connectivity index (χ2n) is 3.31. The minimum atomic E-state index is -0.249. The second-order valence-corrected chi connectivity index (χ2v) is 3.31. The fraction of sp³-hybridized carbons (Fsp3) is 0.300. The monoisotopic (exact) mass is 177 g/mol. The number of fused-ring (bicyclic) bond motifs is 1. The number of carbonyl (C=O) groups is 1. The number of amides is 1. The second kappa shape index (κ2) is 3.18. The number of hydrogen-bond donors (Lipinski definition) is 2. The van der Waals surface area contributed by atoms with E-state index in [1.165, 1.54) is 5.56 Å². The summed E-state index contributed by atoms with van der Waals surface area (Å²) >= 11 is 0. The Kier molecular flexibility index (Phi) is 2.02. The minimum absolute atomic E-state index is 0.249. The summed E-state index contributed by atoms with van der Waals surface area (Å²) in [4.78, 5) is 10.2. The molecule has 0 saturated heterocycles. The molecule has 0 spiro atoms. The number of nitrogens with one attached hydrogen (secondary N) is 1. The van der Waals surface area contributed by atoms with E-state index in [-0.39, 0.29) is 6.10 Å². The first-order chi connectivity index (χ1) is 6.29. The predicted molar refractivity (Wildman–Crippen MR) is 49.5 cm³/mol. The average Bonchev–Trinajstić information content (AvgIpc) is 2.44. The Morgan fingerprint density at radius 1 is 1.38 bits per heavy atom. The third-order valence-electron chi connectivity index (χ3n) is 2.34. The number of hydrogen-bond acceptors (Lipinski definition) is 2. The van der Waals surface area contributed by atoms with E-state index >= 15 is 0 Å². The van der Waals surface area contributed by atoms with Crippen molar-refractivity contribution < 1.29 is 9.90 Å². The SMILES string of the molecule is O=CNc1ccc2c(c1)CC(O)C2. The van der Waals surface area contributed by atoms with E-state index in [0.29, 0.717) is 12.8 Å². The summed E-state index contributed by atoms with van der Waals surface area (Å²) in [6, 6.07) is 5.72. The Bertz CT molecular complexity index is 336. The zero-order valence-corrected chi connectivity index (χ0v) is 7.16. The summed E-state index contributed by atoms with van der Waals surface area (Å²) in [7, 11) is 0. The zero-order chi connectivity index (χ0) is 9.26. The summed E-state index contributed by atoms with van der Waals surface area (Å²) in [5, 5.41) is 12.0. The molecule has 0 heterocycles. The largest absolute Gasteiger partial charge is 0.392 e. The number of aliphatic hydroxyl groups excluding tert-OH is 1. The van der Waals surface area contributed by atoms with Gasteiger partial charge in [-0.3, -0.25) is 4.79 Å². The lowest BCUT2D eigenvalue weighted by Crippen LogP contribution is -2.03. The van der Waals surface area contributed by atoms with Gasteiger partial charge in [-0.2, -0.15) is 0 Å². The van der Waals surface area contributed by atoms with Crippen LogP contribution in [0.15, 0.2) is 18.2 Å². The highest BCUT2D eigenvalue weighted by Crippen LogP contribution is 2.24. The molecule has 3 nitrogen and oxygen atoms in total. The maximum atomic E-state index is 10.2. The molecule has 1 unspecified atom stereocenters. The molecule has 1 aliphatic rings. The van der Waals surface area contributed by atoms with Crippen molar-refractivity contribution in [3.05, 3.63) is 29.3 Å². The molecule has 1 aliphatic carbocycles. The lowest BCUT2D eigenvalue weighted by atomic mass is 10.1. The van der Waals surface area contributed by atoms with Crippen LogP contribution >= 0.6 is 0 Å².